The van der Waals surface area contributed by atoms with Gasteiger partial charge in [0, 0.05) is 42.3 Å². The van der Waals surface area contributed by atoms with Crippen LogP contribution in [0.3, 0.4) is 0 Å². The highest BCUT2D eigenvalue weighted by Gasteiger charge is 2.36. The van der Waals surface area contributed by atoms with E-state index < -0.39 is 17.8 Å². The van der Waals surface area contributed by atoms with Crippen LogP contribution in [0.2, 0.25) is 5.02 Å². The van der Waals surface area contributed by atoms with Crippen molar-refractivity contribution in [2.75, 3.05) is 13.1 Å². The molecular weight excluding hydrogens is 659 g/mol. The molecule has 1 aliphatic rings. The lowest BCUT2D eigenvalue weighted by molar-refractivity contribution is -0.136. The number of Topliss-reactive ketones (excluding diaryl/α,β-unsaturated/α-hetero) is 2. The minimum atomic E-state index is -0.957. The average Bonchev–Trinajstić information content (AvgIpc) is 3.66. The molecule has 0 bridgehead atoms. The molecule has 1 atom stereocenters. The molecule has 0 radical (unpaired) electrons. The van der Waals surface area contributed by atoms with Gasteiger partial charge in [0.15, 0.2) is 17.4 Å². The maximum atomic E-state index is 15.3. The van der Waals surface area contributed by atoms with Crippen LogP contribution in [0, 0.1) is 5.82 Å². The Bertz CT molecular complexity index is 2110. The number of nitrogens with zero attached hydrogens (tertiary/aromatic N) is 5. The second-order valence-corrected chi connectivity index (χ2v) is 12.2. The van der Waals surface area contributed by atoms with Crippen molar-refractivity contribution < 1.29 is 23.6 Å². The van der Waals surface area contributed by atoms with Crippen molar-refractivity contribution >= 4 is 41.1 Å². The molecule has 252 valence electrons. The van der Waals surface area contributed by atoms with Gasteiger partial charge >= 0.3 is 0 Å². The van der Waals surface area contributed by atoms with E-state index in [1.807, 2.05) is 37.3 Å². The SMILES string of the molecule is CCNC(=O)c1ccc(-c2cccc3c2CCN(C(=O)/C=C/c2c(-n4cnnn4)ccc(Cl)c2F)C3C(=O)Cc2ccc(C(C)=O)cc2)cc1. The fourth-order valence-electron chi connectivity index (χ4n) is 6.18. The Morgan fingerprint density at radius 3 is 2.40 bits per heavy atom. The minimum absolute atomic E-state index is 0.00217. The van der Waals surface area contributed by atoms with E-state index in [1.165, 1.54) is 47.1 Å². The largest absolute Gasteiger partial charge is 0.352 e. The van der Waals surface area contributed by atoms with E-state index in [-0.39, 0.29) is 46.7 Å². The summed E-state index contributed by atoms with van der Waals surface area (Å²) >= 11 is 6.09. The predicted octanol–water partition coefficient (Wildman–Crippen LogP) is 6.03. The zero-order valence-corrected chi connectivity index (χ0v) is 28.0. The van der Waals surface area contributed by atoms with Crippen molar-refractivity contribution in [1.29, 1.82) is 0 Å². The molecule has 1 N–H and O–H groups in total. The van der Waals surface area contributed by atoms with Crippen LogP contribution in [0.4, 0.5) is 4.39 Å². The summed E-state index contributed by atoms with van der Waals surface area (Å²) in [6.45, 7) is 4.06. The lowest BCUT2D eigenvalue weighted by Crippen LogP contribution is -2.43. The number of halogens is 2. The van der Waals surface area contributed by atoms with Gasteiger partial charge in [0.1, 0.15) is 12.4 Å². The van der Waals surface area contributed by atoms with Crippen LogP contribution in [-0.2, 0) is 22.4 Å². The van der Waals surface area contributed by atoms with E-state index >= 15 is 4.39 Å². The van der Waals surface area contributed by atoms with Gasteiger partial charge in [-0.2, -0.15) is 4.68 Å². The molecule has 4 aromatic carbocycles. The van der Waals surface area contributed by atoms with Crippen LogP contribution in [0.1, 0.15) is 62.9 Å². The topological polar surface area (TPSA) is 127 Å². The summed E-state index contributed by atoms with van der Waals surface area (Å²) in [6.07, 6.45) is 4.28. The number of carbonyl (C=O) groups excluding carboxylic acids is 4. The number of aromatic nitrogens is 4. The number of benzene rings is 4. The molecule has 0 saturated heterocycles. The Morgan fingerprint density at radius 2 is 1.72 bits per heavy atom. The Hall–Kier alpha value is -5.81. The number of amides is 2. The minimum Gasteiger partial charge on any atom is -0.352 e. The van der Waals surface area contributed by atoms with Crippen LogP contribution in [0.15, 0.2) is 91.3 Å². The van der Waals surface area contributed by atoms with Gasteiger partial charge in [-0.25, -0.2) is 4.39 Å². The lowest BCUT2D eigenvalue weighted by Gasteiger charge is -2.37. The first-order valence-electron chi connectivity index (χ1n) is 16.0. The average molecular weight is 691 g/mol. The maximum absolute atomic E-state index is 15.3. The van der Waals surface area contributed by atoms with Gasteiger partial charge in [0.2, 0.25) is 5.91 Å². The summed E-state index contributed by atoms with van der Waals surface area (Å²) in [5, 5.41) is 13.7. The zero-order chi connectivity index (χ0) is 35.4. The molecule has 1 unspecified atom stereocenters. The van der Waals surface area contributed by atoms with Gasteiger partial charge in [-0.1, -0.05) is 66.2 Å². The summed E-state index contributed by atoms with van der Waals surface area (Å²) < 4.78 is 16.6. The lowest BCUT2D eigenvalue weighted by atomic mass is 9.83. The standard InChI is InChI=1S/C38H32ClFN6O4/c1-3-41-38(50)27-13-11-26(12-14-27)28-5-4-6-30-29(28)19-20-45(37(30)34(48)21-24-7-9-25(10-8-24)23(2)47)35(49)18-15-31-33(46-22-42-43-44-46)17-16-32(39)36(31)40/h4-18,22,37H,3,19-21H2,1-2H3,(H,41,50)/b18-15+. The molecule has 2 heterocycles. The van der Waals surface area contributed by atoms with Crippen molar-refractivity contribution in [3.05, 3.63) is 135 Å². The van der Waals surface area contributed by atoms with Crippen molar-refractivity contribution in [2.24, 2.45) is 0 Å². The summed E-state index contributed by atoms with van der Waals surface area (Å²) in [5.41, 5.74) is 5.39. The van der Waals surface area contributed by atoms with E-state index in [0.29, 0.717) is 35.2 Å². The van der Waals surface area contributed by atoms with Crippen molar-refractivity contribution in [3.8, 4) is 16.8 Å². The van der Waals surface area contributed by atoms with Gasteiger partial charge in [-0.15, -0.1) is 5.10 Å². The number of nitrogens with one attached hydrogen (secondary N) is 1. The molecular formula is C38H32ClFN6O4. The first kappa shape index (κ1) is 34.1. The van der Waals surface area contributed by atoms with Crippen LogP contribution < -0.4 is 5.32 Å². The van der Waals surface area contributed by atoms with Gasteiger partial charge in [-0.3, -0.25) is 19.2 Å². The molecule has 6 rings (SSSR count). The number of rotatable bonds is 10. The monoisotopic (exact) mass is 690 g/mol. The molecule has 0 fully saturated rings. The fraction of sp³-hybridized carbons (Fsp3) is 0.184. The number of carbonyl (C=O) groups is 4. The van der Waals surface area contributed by atoms with Crippen LogP contribution in [-0.4, -0.2) is 61.6 Å². The first-order chi connectivity index (χ1) is 24.2. The predicted molar refractivity (Wildman–Crippen MR) is 186 cm³/mol. The van der Waals surface area contributed by atoms with E-state index in [9.17, 15) is 19.2 Å². The fourth-order valence-corrected chi connectivity index (χ4v) is 6.34. The summed E-state index contributed by atoms with van der Waals surface area (Å²) in [7, 11) is 0. The second-order valence-electron chi connectivity index (χ2n) is 11.8. The summed E-state index contributed by atoms with van der Waals surface area (Å²) in [6, 6.07) is 21.7. The molecule has 0 spiro atoms. The number of hydrogen-bond acceptors (Lipinski definition) is 7. The van der Waals surface area contributed by atoms with Crippen LogP contribution >= 0.6 is 11.6 Å². The maximum Gasteiger partial charge on any atom is 0.251 e. The van der Waals surface area contributed by atoms with E-state index in [2.05, 4.69) is 20.8 Å². The number of tetrazole rings is 1. The zero-order valence-electron chi connectivity index (χ0n) is 27.3. The Labute approximate surface area is 292 Å². The Balaban J connectivity index is 1.37. The Morgan fingerprint density at radius 1 is 0.980 bits per heavy atom. The molecule has 10 nitrogen and oxygen atoms in total. The van der Waals surface area contributed by atoms with E-state index in [1.54, 1.807) is 36.4 Å². The van der Waals surface area contributed by atoms with Crippen molar-refractivity contribution in [2.45, 2.75) is 32.7 Å². The molecule has 1 aliphatic heterocycles. The van der Waals surface area contributed by atoms with Crippen molar-refractivity contribution in [1.82, 2.24) is 30.4 Å². The Kier molecular flexibility index (Phi) is 10.1. The smallest absolute Gasteiger partial charge is 0.251 e. The molecule has 12 heteroatoms. The van der Waals surface area contributed by atoms with Gasteiger partial charge < -0.3 is 10.2 Å². The number of fused-ring (bicyclic) bond motifs is 1. The molecule has 5 aromatic rings. The molecule has 2 amide bonds. The molecule has 1 aromatic heterocycles. The van der Waals surface area contributed by atoms with Gasteiger partial charge in [0.05, 0.1) is 10.7 Å². The van der Waals surface area contributed by atoms with E-state index in [0.717, 1.165) is 16.7 Å². The third kappa shape index (κ3) is 6.99. The van der Waals surface area contributed by atoms with Crippen LogP contribution in [0.5, 0.6) is 0 Å². The number of ketones is 2. The van der Waals surface area contributed by atoms with E-state index in [4.69, 9.17) is 11.6 Å². The van der Waals surface area contributed by atoms with Gasteiger partial charge in [0.25, 0.3) is 5.91 Å². The summed E-state index contributed by atoms with van der Waals surface area (Å²) in [5.74, 6) is -1.73. The summed E-state index contributed by atoms with van der Waals surface area (Å²) in [4.78, 5) is 53.9. The third-order valence-corrected chi connectivity index (χ3v) is 8.93. The van der Waals surface area contributed by atoms with Crippen molar-refractivity contribution in [3.63, 3.8) is 0 Å². The molecule has 50 heavy (non-hydrogen) atoms. The van der Waals surface area contributed by atoms with Crippen LogP contribution in [0.25, 0.3) is 22.9 Å². The third-order valence-electron chi connectivity index (χ3n) is 8.64. The molecule has 0 aliphatic carbocycles. The van der Waals surface area contributed by atoms with Gasteiger partial charge in [-0.05, 0) is 88.9 Å². The second kappa shape index (κ2) is 14.8. The highest BCUT2D eigenvalue weighted by atomic mass is 35.5. The number of hydrogen-bond donors (Lipinski definition) is 1. The quantitative estimate of drug-likeness (QED) is 0.140. The first-order valence-corrected chi connectivity index (χ1v) is 16.4. The molecule has 0 saturated carbocycles. The highest BCUT2D eigenvalue weighted by molar-refractivity contribution is 6.31. The highest BCUT2D eigenvalue weighted by Crippen LogP contribution is 2.38. The normalized spacial score (nSPS) is 14.0.